The first kappa shape index (κ1) is 26.3. The Bertz CT molecular complexity index is 1240. The molecule has 1 N–H and O–H groups in total. The highest BCUT2D eigenvalue weighted by Crippen LogP contribution is 2.34. The van der Waals surface area contributed by atoms with Crippen molar-refractivity contribution in [2.75, 3.05) is 0 Å². The summed E-state index contributed by atoms with van der Waals surface area (Å²) in [6.45, 7) is 11.2. The molecule has 0 aliphatic carbocycles. The fourth-order valence-corrected chi connectivity index (χ4v) is 4.04. The summed E-state index contributed by atoms with van der Waals surface area (Å²) >= 11 is 1.35. The van der Waals surface area contributed by atoms with E-state index in [0.29, 0.717) is 12.1 Å². The summed E-state index contributed by atoms with van der Waals surface area (Å²) in [7, 11) is 0. The molecule has 1 aromatic heterocycles. The fraction of sp³-hybridized carbons (Fsp3) is 0.385. The van der Waals surface area contributed by atoms with Crippen molar-refractivity contribution in [3.8, 4) is 0 Å². The number of rotatable bonds is 8. The number of aromatic nitrogens is 3. The first-order valence-corrected chi connectivity index (χ1v) is 12.1. The van der Waals surface area contributed by atoms with Gasteiger partial charge in [-0.1, -0.05) is 29.8 Å². The van der Waals surface area contributed by atoms with Crippen LogP contribution in [0.3, 0.4) is 0 Å². The Balaban J connectivity index is 1.57. The molecule has 0 fully saturated rings. The van der Waals surface area contributed by atoms with E-state index in [1.807, 2.05) is 52.0 Å². The van der Waals surface area contributed by atoms with Gasteiger partial charge in [-0.3, -0.25) is 9.78 Å². The van der Waals surface area contributed by atoms with E-state index >= 15 is 0 Å². The van der Waals surface area contributed by atoms with Crippen molar-refractivity contribution < 1.29 is 19.1 Å². The van der Waals surface area contributed by atoms with Crippen molar-refractivity contribution in [3.63, 3.8) is 0 Å². The van der Waals surface area contributed by atoms with E-state index in [2.05, 4.69) is 10.1 Å². The molecule has 1 heterocycles. The molecule has 0 bridgehead atoms. The minimum Gasteiger partial charge on any atom is -0.459 e. The number of carbonyl (C=O) groups excluding carboxylic acids is 2. The molecule has 0 unspecified atom stereocenters. The Morgan fingerprint density at radius 1 is 1.00 bits per heavy atom. The second-order valence-electron chi connectivity index (χ2n) is 9.73. The lowest BCUT2D eigenvalue weighted by Gasteiger charge is -2.28. The van der Waals surface area contributed by atoms with Gasteiger partial charge in [0.2, 0.25) is 0 Å². The average Bonchev–Trinajstić information content (AvgIpc) is 3.12. The van der Waals surface area contributed by atoms with Crippen LogP contribution in [-0.2, 0) is 27.4 Å². The lowest BCUT2D eigenvalue weighted by Crippen LogP contribution is -2.36. The van der Waals surface area contributed by atoms with Crippen LogP contribution in [0, 0.1) is 6.92 Å². The normalized spacial score (nSPS) is 11.8. The first-order valence-electron chi connectivity index (χ1n) is 11.2. The van der Waals surface area contributed by atoms with E-state index in [1.165, 1.54) is 16.4 Å². The predicted molar refractivity (Wildman–Crippen MR) is 134 cm³/mol. The van der Waals surface area contributed by atoms with Crippen molar-refractivity contribution in [2.24, 2.45) is 0 Å². The molecule has 8 nitrogen and oxygen atoms in total. The Kier molecular flexibility index (Phi) is 7.90. The highest BCUT2D eigenvalue weighted by molar-refractivity contribution is 8.01. The van der Waals surface area contributed by atoms with Crippen molar-refractivity contribution >= 4 is 23.7 Å². The Labute approximate surface area is 209 Å². The van der Waals surface area contributed by atoms with Gasteiger partial charge >= 0.3 is 17.6 Å². The third-order valence-electron chi connectivity index (χ3n) is 4.87. The van der Waals surface area contributed by atoms with Gasteiger partial charge in [-0.2, -0.15) is 5.10 Å². The van der Waals surface area contributed by atoms with Gasteiger partial charge in [0, 0.05) is 4.90 Å². The van der Waals surface area contributed by atoms with E-state index in [0.717, 1.165) is 16.0 Å². The zero-order valence-electron chi connectivity index (χ0n) is 20.9. The van der Waals surface area contributed by atoms with Crippen LogP contribution >= 0.6 is 11.8 Å². The maximum Gasteiger partial charge on any atom is 0.343 e. The van der Waals surface area contributed by atoms with Crippen LogP contribution in [-0.4, -0.2) is 37.1 Å². The van der Waals surface area contributed by atoms with Gasteiger partial charge in [-0.05, 0) is 71.4 Å². The number of thioether (sulfide) groups is 1. The minimum absolute atomic E-state index is 0.156. The SMILES string of the molecule is Cc1ccc(Cn2nc(COC(=O)c3ccc(SC(C)(C)C(=O)OC(C)(C)C)cc3)[nH]c2=O)cc1. The fourth-order valence-electron chi connectivity index (χ4n) is 3.06. The van der Waals surface area contributed by atoms with Gasteiger partial charge in [0.05, 0.1) is 12.1 Å². The topological polar surface area (TPSA) is 103 Å². The molecule has 35 heavy (non-hydrogen) atoms. The molecule has 186 valence electrons. The quantitative estimate of drug-likeness (QED) is 0.361. The first-order chi connectivity index (χ1) is 16.3. The summed E-state index contributed by atoms with van der Waals surface area (Å²) in [5.74, 6) is -0.585. The summed E-state index contributed by atoms with van der Waals surface area (Å²) in [6.07, 6.45) is 0. The third kappa shape index (κ3) is 7.58. The Morgan fingerprint density at radius 3 is 2.23 bits per heavy atom. The lowest BCUT2D eigenvalue weighted by atomic mass is 10.1. The molecule has 2 aromatic carbocycles. The molecule has 0 saturated carbocycles. The Hall–Kier alpha value is -3.33. The van der Waals surface area contributed by atoms with Gasteiger partial charge in [0.1, 0.15) is 10.3 Å². The standard InChI is InChI=1S/C26H31N3O5S/c1-17-7-9-18(10-8-17)15-29-24(32)27-21(28-29)16-33-22(30)19-11-13-20(14-12-19)35-26(5,6)23(31)34-25(2,3)4/h7-14H,15-16H2,1-6H3,(H,27,28,32). The number of esters is 2. The van der Waals surface area contributed by atoms with Crippen LogP contribution < -0.4 is 5.69 Å². The zero-order chi connectivity index (χ0) is 25.8. The number of H-pyrrole nitrogens is 1. The van der Waals surface area contributed by atoms with E-state index in [1.54, 1.807) is 38.1 Å². The van der Waals surface area contributed by atoms with Crippen LogP contribution in [0.5, 0.6) is 0 Å². The number of aromatic amines is 1. The third-order valence-corrected chi connectivity index (χ3v) is 6.06. The second kappa shape index (κ2) is 10.5. The maximum absolute atomic E-state index is 12.5. The maximum atomic E-state index is 12.5. The number of benzene rings is 2. The molecule has 3 aromatic rings. The zero-order valence-corrected chi connectivity index (χ0v) is 21.7. The Morgan fingerprint density at radius 2 is 1.63 bits per heavy atom. The molecule has 9 heteroatoms. The molecule has 0 amide bonds. The second-order valence-corrected chi connectivity index (χ2v) is 11.4. The molecule has 0 aliphatic rings. The number of carbonyl (C=O) groups is 2. The van der Waals surface area contributed by atoms with Crippen molar-refractivity contribution in [1.29, 1.82) is 0 Å². The predicted octanol–water partition coefficient (Wildman–Crippen LogP) is 4.50. The van der Waals surface area contributed by atoms with Crippen LogP contribution in [0.25, 0.3) is 0 Å². The lowest BCUT2D eigenvalue weighted by molar-refractivity contribution is -0.156. The van der Waals surface area contributed by atoms with Gasteiger partial charge in [-0.15, -0.1) is 11.8 Å². The van der Waals surface area contributed by atoms with E-state index in [4.69, 9.17) is 9.47 Å². The number of hydrogen-bond donors (Lipinski definition) is 1. The van der Waals surface area contributed by atoms with E-state index < -0.39 is 16.3 Å². The smallest absolute Gasteiger partial charge is 0.343 e. The number of nitrogens with zero attached hydrogens (tertiary/aromatic N) is 2. The van der Waals surface area contributed by atoms with Crippen LogP contribution in [0.15, 0.2) is 58.2 Å². The number of aryl methyl sites for hydroxylation is 1. The number of ether oxygens (including phenoxy) is 2. The summed E-state index contributed by atoms with van der Waals surface area (Å²) in [5.41, 5.74) is 1.50. The van der Waals surface area contributed by atoms with Gasteiger partial charge in [0.25, 0.3) is 0 Å². The van der Waals surface area contributed by atoms with Gasteiger partial charge in [-0.25, -0.2) is 14.3 Å². The van der Waals surface area contributed by atoms with Crippen LogP contribution in [0.4, 0.5) is 0 Å². The summed E-state index contributed by atoms with van der Waals surface area (Å²) in [4.78, 5) is 40.5. The van der Waals surface area contributed by atoms with Crippen LogP contribution in [0.1, 0.15) is 61.9 Å². The molecule has 0 radical (unpaired) electrons. The molecule has 0 spiro atoms. The molecular formula is C26H31N3O5S. The molecule has 0 saturated heterocycles. The van der Waals surface area contributed by atoms with Gasteiger partial charge < -0.3 is 9.47 Å². The van der Waals surface area contributed by atoms with E-state index in [-0.39, 0.29) is 24.1 Å². The summed E-state index contributed by atoms with van der Waals surface area (Å²) in [6, 6.07) is 14.6. The van der Waals surface area contributed by atoms with Crippen LogP contribution in [0.2, 0.25) is 0 Å². The van der Waals surface area contributed by atoms with Crippen molar-refractivity contribution in [3.05, 3.63) is 81.5 Å². The van der Waals surface area contributed by atoms with Crippen molar-refractivity contribution in [2.45, 2.75) is 69.9 Å². The summed E-state index contributed by atoms with van der Waals surface area (Å²) in [5, 5.41) is 4.21. The number of hydrogen-bond acceptors (Lipinski definition) is 7. The van der Waals surface area contributed by atoms with E-state index in [9.17, 15) is 14.4 Å². The molecule has 0 atom stereocenters. The minimum atomic E-state index is -0.793. The van der Waals surface area contributed by atoms with Crippen molar-refractivity contribution in [1.82, 2.24) is 14.8 Å². The molecule has 0 aliphatic heterocycles. The largest absolute Gasteiger partial charge is 0.459 e. The molecular weight excluding hydrogens is 466 g/mol. The summed E-state index contributed by atoms with van der Waals surface area (Å²) < 4.78 is 11.3. The van der Waals surface area contributed by atoms with Gasteiger partial charge in [0.15, 0.2) is 12.4 Å². The monoisotopic (exact) mass is 497 g/mol. The highest BCUT2D eigenvalue weighted by Gasteiger charge is 2.33. The molecule has 3 rings (SSSR count). The number of nitrogens with one attached hydrogen (secondary N) is 1. The highest BCUT2D eigenvalue weighted by atomic mass is 32.2. The average molecular weight is 498 g/mol.